The van der Waals surface area contributed by atoms with Gasteiger partial charge in [-0.25, -0.2) is 0 Å². The molecule has 0 spiro atoms. The van der Waals surface area contributed by atoms with Gasteiger partial charge in [-0.1, -0.05) is 0 Å². The molecule has 2 rings (SSSR count). The number of hydrogen-bond donors (Lipinski definition) is 2. The zero-order valence-corrected chi connectivity index (χ0v) is 12.5. The largest absolute Gasteiger partial charge is 0.469 e. The number of thioether (sulfide) groups is 1. The van der Waals surface area contributed by atoms with E-state index in [-0.39, 0.29) is 5.97 Å². The Morgan fingerprint density at radius 2 is 2.32 bits per heavy atom. The van der Waals surface area contributed by atoms with Crippen molar-refractivity contribution in [2.75, 3.05) is 18.2 Å². The Labute approximate surface area is 122 Å². The molecule has 0 saturated heterocycles. The number of amides is 1. The van der Waals surface area contributed by atoms with Crippen LogP contribution in [0.4, 0.5) is 5.69 Å². The topological polar surface area (TPSA) is 75.6 Å². The number of esters is 1. The third-order valence-electron chi connectivity index (χ3n) is 2.70. The lowest BCUT2D eigenvalue weighted by Gasteiger charge is -2.08. The molecule has 2 N–H and O–H groups in total. The molecule has 0 bridgehead atoms. The second-order valence-electron chi connectivity index (χ2n) is 3.94. The summed E-state index contributed by atoms with van der Waals surface area (Å²) in [5, 5.41) is 12.3. The number of hydrogen-bond acceptors (Lipinski definition) is 5. The fourth-order valence-electron chi connectivity index (χ4n) is 1.70. The highest BCUT2D eigenvalue weighted by Crippen LogP contribution is 2.39. The smallest absolute Gasteiger partial charge is 0.306 e. The normalized spacial score (nSPS) is 17.0. The molecule has 1 aliphatic heterocycles. The van der Waals surface area contributed by atoms with Crippen molar-refractivity contribution in [1.82, 2.24) is 0 Å². The van der Waals surface area contributed by atoms with E-state index in [4.69, 9.17) is 0 Å². The lowest BCUT2D eigenvalue weighted by Crippen LogP contribution is -2.10. The number of carbonyl (C=O) groups excluding carboxylic acids is 2. The van der Waals surface area contributed by atoms with Crippen LogP contribution < -0.4 is 5.32 Å². The number of benzene rings is 1. The predicted octanol–water partition coefficient (Wildman–Crippen LogP) is 2.09. The molecule has 5 nitrogen and oxygen atoms in total. The molecular weight excluding hydrogens is 334 g/mol. The Morgan fingerprint density at radius 3 is 3.00 bits per heavy atom. The summed E-state index contributed by atoms with van der Waals surface area (Å²) in [5.74, 6) is -0.0901. The molecule has 7 heteroatoms. The van der Waals surface area contributed by atoms with Gasteiger partial charge in [0.2, 0.25) is 0 Å². The van der Waals surface area contributed by atoms with Gasteiger partial charge in [0.25, 0.3) is 5.91 Å². The molecule has 1 aromatic rings. The average Bonchev–Trinajstić information content (AvgIpc) is 2.65. The molecule has 0 aliphatic carbocycles. The van der Waals surface area contributed by atoms with Crippen LogP contribution in [0.15, 0.2) is 21.5 Å². The zero-order chi connectivity index (χ0) is 14.0. The van der Waals surface area contributed by atoms with Crippen LogP contribution in [0.1, 0.15) is 18.1 Å². The highest BCUT2D eigenvalue weighted by Gasteiger charge is 2.29. The quantitative estimate of drug-likeness (QED) is 0.645. The van der Waals surface area contributed by atoms with E-state index in [0.29, 0.717) is 23.4 Å². The predicted molar refractivity (Wildman–Crippen MR) is 75.1 cm³/mol. The number of fused-ring (bicyclic) bond motifs is 1. The van der Waals surface area contributed by atoms with Crippen LogP contribution in [-0.2, 0) is 14.3 Å². The van der Waals surface area contributed by atoms with Crippen molar-refractivity contribution >= 4 is 45.3 Å². The zero-order valence-electron chi connectivity index (χ0n) is 10.1. The van der Waals surface area contributed by atoms with Crippen LogP contribution in [0.2, 0.25) is 0 Å². The third-order valence-corrected chi connectivity index (χ3v) is 4.67. The number of aliphatic hydroxyl groups excluding tert-OH is 1. The van der Waals surface area contributed by atoms with Crippen LogP contribution in [-0.4, -0.2) is 29.8 Å². The van der Waals surface area contributed by atoms with E-state index in [1.165, 1.54) is 18.9 Å². The number of methoxy groups -OCH3 is 1. The first-order valence-electron chi connectivity index (χ1n) is 5.55. The first-order valence-corrected chi connectivity index (χ1v) is 7.32. The summed E-state index contributed by atoms with van der Waals surface area (Å²) in [5.41, 5.74) is 1.18. The summed E-state index contributed by atoms with van der Waals surface area (Å²) >= 11 is 4.87. The van der Waals surface area contributed by atoms with Crippen molar-refractivity contribution in [3.8, 4) is 0 Å². The molecule has 1 heterocycles. The monoisotopic (exact) mass is 345 g/mol. The maximum atomic E-state index is 11.4. The number of carbonyl (C=O) groups is 2. The van der Waals surface area contributed by atoms with Gasteiger partial charge >= 0.3 is 5.97 Å². The number of halogens is 1. The fraction of sp³-hybridized carbons (Fsp3) is 0.333. The van der Waals surface area contributed by atoms with Gasteiger partial charge in [0.05, 0.1) is 13.5 Å². The third kappa shape index (κ3) is 3.10. The number of ether oxygens (including phenoxy) is 1. The van der Waals surface area contributed by atoms with Crippen molar-refractivity contribution in [2.45, 2.75) is 17.4 Å². The Bertz CT molecular complexity index is 535. The first kappa shape index (κ1) is 14.4. The molecule has 0 fully saturated rings. The van der Waals surface area contributed by atoms with Gasteiger partial charge in [0.15, 0.2) is 6.10 Å². The van der Waals surface area contributed by atoms with Crippen molar-refractivity contribution in [2.24, 2.45) is 0 Å². The molecule has 1 unspecified atom stereocenters. The van der Waals surface area contributed by atoms with Gasteiger partial charge in [0.1, 0.15) is 0 Å². The molecule has 0 aromatic heterocycles. The highest BCUT2D eigenvalue weighted by molar-refractivity contribution is 9.10. The fourth-order valence-corrected chi connectivity index (χ4v) is 3.29. The van der Waals surface area contributed by atoms with Crippen molar-refractivity contribution in [3.63, 3.8) is 0 Å². The van der Waals surface area contributed by atoms with Gasteiger partial charge in [-0.2, -0.15) is 0 Å². The van der Waals surface area contributed by atoms with Crippen molar-refractivity contribution < 1.29 is 19.4 Å². The summed E-state index contributed by atoms with van der Waals surface area (Å²) in [7, 11) is 1.36. The van der Waals surface area contributed by atoms with E-state index in [0.717, 1.165) is 9.37 Å². The van der Waals surface area contributed by atoms with E-state index >= 15 is 0 Å². The van der Waals surface area contributed by atoms with E-state index in [2.05, 4.69) is 26.0 Å². The average molecular weight is 346 g/mol. The number of rotatable bonds is 4. The highest BCUT2D eigenvalue weighted by atomic mass is 79.9. The van der Waals surface area contributed by atoms with Gasteiger partial charge in [-0.15, -0.1) is 11.8 Å². The number of anilines is 1. The SMILES string of the molecule is COC(=O)CCSc1cc2c(cc1Br)C(O)C(=O)N2. The van der Waals surface area contributed by atoms with Crippen molar-refractivity contribution in [3.05, 3.63) is 22.2 Å². The maximum Gasteiger partial charge on any atom is 0.306 e. The maximum absolute atomic E-state index is 11.4. The first-order chi connectivity index (χ1) is 9.02. The Balaban J connectivity index is 2.09. The molecule has 0 radical (unpaired) electrons. The van der Waals surface area contributed by atoms with Crippen LogP contribution in [0, 0.1) is 0 Å². The van der Waals surface area contributed by atoms with Crippen LogP contribution in [0.5, 0.6) is 0 Å². The Hall–Kier alpha value is -1.05. The van der Waals surface area contributed by atoms with E-state index < -0.39 is 12.0 Å². The minimum absolute atomic E-state index is 0.256. The molecule has 1 amide bonds. The standard InChI is InChI=1S/C12H12BrNO4S/c1-18-10(15)2-3-19-9-5-8-6(4-7(9)13)11(16)12(17)14-8/h4-5,11,16H,2-3H2,1H3,(H,14,17). The summed E-state index contributed by atoms with van der Waals surface area (Å²) in [6, 6.07) is 3.51. The summed E-state index contributed by atoms with van der Waals surface area (Å²) < 4.78 is 5.36. The molecule has 0 saturated carbocycles. The summed E-state index contributed by atoms with van der Waals surface area (Å²) in [4.78, 5) is 23.3. The number of nitrogens with one attached hydrogen (secondary N) is 1. The molecule has 1 atom stereocenters. The van der Waals surface area contributed by atoms with Gasteiger partial charge < -0.3 is 15.2 Å². The lowest BCUT2D eigenvalue weighted by atomic mass is 10.1. The second-order valence-corrected chi connectivity index (χ2v) is 5.93. The van der Waals surface area contributed by atoms with Gasteiger partial charge in [0, 0.05) is 26.4 Å². The Kier molecular flexibility index (Phi) is 4.49. The molecule has 1 aromatic carbocycles. The second kappa shape index (κ2) is 5.94. The molecular formula is C12H12BrNO4S. The van der Waals surface area contributed by atoms with E-state index in [9.17, 15) is 14.7 Å². The minimum Gasteiger partial charge on any atom is -0.469 e. The summed E-state index contributed by atoms with van der Waals surface area (Å²) in [6.45, 7) is 0. The van der Waals surface area contributed by atoms with Gasteiger partial charge in [-0.05, 0) is 28.1 Å². The molecule has 102 valence electrons. The summed E-state index contributed by atoms with van der Waals surface area (Å²) in [6.07, 6.45) is -0.792. The van der Waals surface area contributed by atoms with Crippen LogP contribution in [0.3, 0.4) is 0 Å². The Morgan fingerprint density at radius 1 is 1.58 bits per heavy atom. The van der Waals surface area contributed by atoms with Gasteiger partial charge in [-0.3, -0.25) is 9.59 Å². The molecule has 1 aliphatic rings. The lowest BCUT2D eigenvalue weighted by molar-refractivity contribution is -0.140. The van der Waals surface area contributed by atoms with Crippen molar-refractivity contribution in [1.29, 1.82) is 0 Å². The van der Waals surface area contributed by atoms with Crippen LogP contribution in [0.25, 0.3) is 0 Å². The molecule has 19 heavy (non-hydrogen) atoms. The minimum atomic E-state index is -1.11. The van der Waals surface area contributed by atoms with Crippen LogP contribution >= 0.6 is 27.7 Å². The number of aliphatic hydroxyl groups is 1. The van der Waals surface area contributed by atoms with E-state index in [1.807, 2.05) is 0 Å². The van der Waals surface area contributed by atoms with E-state index in [1.54, 1.807) is 12.1 Å².